The molecule has 2 N–H and O–H groups in total. The monoisotopic (exact) mass is 293 g/mol. The van der Waals surface area contributed by atoms with Gasteiger partial charge in [0.2, 0.25) is 5.28 Å². The lowest BCUT2D eigenvalue weighted by Gasteiger charge is -2.30. The summed E-state index contributed by atoms with van der Waals surface area (Å²) in [5, 5.41) is 3.80. The highest BCUT2D eigenvalue weighted by Crippen LogP contribution is 2.30. The normalized spacial score (nSPS) is 18.3. The van der Waals surface area contributed by atoms with Crippen LogP contribution in [0.2, 0.25) is 5.28 Å². The van der Waals surface area contributed by atoms with Crippen LogP contribution in [0.15, 0.2) is 6.33 Å². The molecule has 20 heavy (non-hydrogen) atoms. The summed E-state index contributed by atoms with van der Waals surface area (Å²) in [6, 6.07) is 0.438. The zero-order chi connectivity index (χ0) is 13.9. The number of hydrogen-bond donors (Lipinski definition) is 2. The number of H-pyrrole nitrogens is 1. The summed E-state index contributed by atoms with van der Waals surface area (Å²) in [5.74, 6) is 1.50. The van der Waals surface area contributed by atoms with E-state index in [4.69, 9.17) is 11.6 Å². The molecule has 0 amide bonds. The summed E-state index contributed by atoms with van der Waals surface area (Å²) in [6.07, 6.45) is 9.37. The first-order valence-corrected chi connectivity index (χ1v) is 7.79. The van der Waals surface area contributed by atoms with E-state index >= 15 is 0 Å². The molecule has 2 aromatic rings. The molecule has 3 rings (SSSR count). The van der Waals surface area contributed by atoms with Crippen molar-refractivity contribution < 1.29 is 0 Å². The third-order valence-corrected chi connectivity index (χ3v) is 4.41. The predicted octanol–water partition coefficient (Wildman–Crippen LogP) is 3.78. The summed E-state index contributed by atoms with van der Waals surface area (Å²) in [4.78, 5) is 15.7. The van der Waals surface area contributed by atoms with E-state index in [0.717, 1.165) is 23.7 Å². The molecule has 1 atom stereocenters. The summed E-state index contributed by atoms with van der Waals surface area (Å²) < 4.78 is 0. The maximum absolute atomic E-state index is 5.98. The van der Waals surface area contributed by atoms with Crippen LogP contribution in [0.5, 0.6) is 0 Å². The van der Waals surface area contributed by atoms with Crippen LogP contribution in [0.25, 0.3) is 11.2 Å². The molecule has 1 unspecified atom stereocenters. The first-order chi connectivity index (χ1) is 9.78. The molecule has 0 spiro atoms. The lowest BCUT2D eigenvalue weighted by Crippen LogP contribution is -2.30. The third kappa shape index (κ3) is 2.73. The van der Waals surface area contributed by atoms with Crippen molar-refractivity contribution >= 4 is 28.6 Å². The molecule has 1 fully saturated rings. The minimum Gasteiger partial charge on any atom is -0.365 e. The fourth-order valence-electron chi connectivity index (χ4n) is 3.18. The van der Waals surface area contributed by atoms with E-state index in [1.54, 1.807) is 6.33 Å². The van der Waals surface area contributed by atoms with Gasteiger partial charge in [-0.3, -0.25) is 0 Å². The predicted molar refractivity (Wildman–Crippen MR) is 81.0 cm³/mol. The van der Waals surface area contributed by atoms with Crippen molar-refractivity contribution in [1.29, 1.82) is 0 Å². The fraction of sp³-hybridized carbons (Fsp3) is 0.643. The van der Waals surface area contributed by atoms with E-state index in [1.165, 1.54) is 32.1 Å². The number of aromatic amines is 1. The minimum atomic E-state index is 0.241. The molecule has 0 aliphatic heterocycles. The molecule has 1 aliphatic rings. The average molecular weight is 294 g/mol. The lowest BCUT2D eigenvalue weighted by molar-refractivity contribution is 0.312. The van der Waals surface area contributed by atoms with Gasteiger partial charge in [-0.15, -0.1) is 0 Å². The molecule has 0 saturated heterocycles. The van der Waals surface area contributed by atoms with Gasteiger partial charge in [0.15, 0.2) is 11.5 Å². The van der Waals surface area contributed by atoms with Crippen LogP contribution < -0.4 is 5.32 Å². The maximum atomic E-state index is 5.98. The van der Waals surface area contributed by atoms with Crippen molar-refractivity contribution in [3.05, 3.63) is 11.6 Å². The van der Waals surface area contributed by atoms with Gasteiger partial charge in [-0.05, 0) is 36.8 Å². The van der Waals surface area contributed by atoms with Gasteiger partial charge in [-0.25, -0.2) is 4.98 Å². The van der Waals surface area contributed by atoms with Crippen LogP contribution in [0, 0.1) is 5.92 Å². The molecule has 1 saturated carbocycles. The van der Waals surface area contributed by atoms with Crippen LogP contribution in [-0.2, 0) is 0 Å². The van der Waals surface area contributed by atoms with Crippen LogP contribution >= 0.6 is 11.6 Å². The van der Waals surface area contributed by atoms with E-state index < -0.39 is 0 Å². The second-order valence-corrected chi connectivity index (χ2v) is 5.84. The van der Waals surface area contributed by atoms with E-state index in [9.17, 15) is 0 Å². The van der Waals surface area contributed by atoms with Crippen LogP contribution in [0.4, 0.5) is 5.82 Å². The number of halogens is 1. The first-order valence-electron chi connectivity index (χ1n) is 7.41. The van der Waals surface area contributed by atoms with Crippen molar-refractivity contribution in [2.24, 2.45) is 5.92 Å². The molecular weight excluding hydrogens is 274 g/mol. The number of nitrogens with one attached hydrogen (secondary N) is 2. The molecule has 6 heteroatoms. The van der Waals surface area contributed by atoms with Gasteiger partial charge in [-0.1, -0.05) is 26.2 Å². The van der Waals surface area contributed by atoms with Crippen molar-refractivity contribution in [2.75, 3.05) is 5.32 Å². The zero-order valence-electron chi connectivity index (χ0n) is 11.7. The highest BCUT2D eigenvalue weighted by molar-refractivity contribution is 6.28. The Morgan fingerprint density at radius 2 is 2.15 bits per heavy atom. The fourth-order valence-corrected chi connectivity index (χ4v) is 3.34. The van der Waals surface area contributed by atoms with Crippen molar-refractivity contribution in [3.8, 4) is 0 Å². The quantitative estimate of drug-likeness (QED) is 0.842. The van der Waals surface area contributed by atoms with Gasteiger partial charge in [0, 0.05) is 6.04 Å². The standard InChI is InChI=1S/C14H20ClN5/c1-2-10(9-6-4-3-5-7-9)18-13-11-12(17-8-16-11)19-14(15)20-13/h8-10H,2-7H2,1H3,(H2,16,17,18,19,20). The van der Waals surface area contributed by atoms with E-state index in [1.807, 2.05) is 0 Å². The Morgan fingerprint density at radius 3 is 2.90 bits per heavy atom. The highest BCUT2D eigenvalue weighted by Gasteiger charge is 2.23. The van der Waals surface area contributed by atoms with Gasteiger partial charge in [0.25, 0.3) is 0 Å². The Kier molecular flexibility index (Phi) is 4.05. The highest BCUT2D eigenvalue weighted by atomic mass is 35.5. The number of nitrogens with zero attached hydrogens (tertiary/aromatic N) is 3. The Bertz CT molecular complexity index is 576. The third-order valence-electron chi connectivity index (χ3n) is 4.24. The van der Waals surface area contributed by atoms with Crippen LogP contribution in [-0.4, -0.2) is 26.0 Å². The van der Waals surface area contributed by atoms with Crippen molar-refractivity contribution in [3.63, 3.8) is 0 Å². The van der Waals surface area contributed by atoms with Crippen molar-refractivity contribution in [1.82, 2.24) is 19.9 Å². The molecule has 108 valence electrons. The Labute approximate surface area is 123 Å². The van der Waals surface area contributed by atoms with Crippen molar-refractivity contribution in [2.45, 2.75) is 51.5 Å². The van der Waals surface area contributed by atoms with Crippen LogP contribution in [0.3, 0.4) is 0 Å². The molecular formula is C14H20ClN5. The number of fused-ring (bicyclic) bond motifs is 1. The molecule has 0 aromatic carbocycles. The second kappa shape index (κ2) is 5.95. The largest absolute Gasteiger partial charge is 0.365 e. The molecule has 1 aliphatic carbocycles. The first kappa shape index (κ1) is 13.6. The van der Waals surface area contributed by atoms with Gasteiger partial charge in [-0.2, -0.15) is 9.97 Å². The average Bonchev–Trinajstić information content (AvgIpc) is 2.93. The Morgan fingerprint density at radius 1 is 1.35 bits per heavy atom. The number of imidazole rings is 1. The molecule has 0 bridgehead atoms. The summed E-state index contributed by atoms with van der Waals surface area (Å²) in [7, 11) is 0. The smallest absolute Gasteiger partial charge is 0.226 e. The zero-order valence-corrected chi connectivity index (χ0v) is 12.5. The van der Waals surface area contributed by atoms with E-state index in [-0.39, 0.29) is 5.28 Å². The minimum absolute atomic E-state index is 0.241. The van der Waals surface area contributed by atoms with Gasteiger partial charge >= 0.3 is 0 Å². The van der Waals surface area contributed by atoms with Gasteiger partial charge in [0.1, 0.15) is 5.52 Å². The van der Waals surface area contributed by atoms with Gasteiger partial charge in [0.05, 0.1) is 6.33 Å². The summed E-state index contributed by atoms with van der Waals surface area (Å²) >= 11 is 5.98. The van der Waals surface area contributed by atoms with E-state index in [2.05, 4.69) is 32.2 Å². The number of rotatable bonds is 4. The number of aromatic nitrogens is 4. The summed E-state index contributed by atoms with van der Waals surface area (Å²) in [5.41, 5.74) is 1.45. The Balaban J connectivity index is 1.84. The molecule has 2 aromatic heterocycles. The Hall–Kier alpha value is -1.36. The maximum Gasteiger partial charge on any atom is 0.226 e. The lowest BCUT2D eigenvalue weighted by atomic mass is 9.83. The van der Waals surface area contributed by atoms with E-state index in [0.29, 0.717) is 11.7 Å². The number of anilines is 1. The number of hydrogen-bond acceptors (Lipinski definition) is 4. The summed E-state index contributed by atoms with van der Waals surface area (Å²) in [6.45, 7) is 2.22. The molecule has 2 heterocycles. The van der Waals surface area contributed by atoms with Crippen LogP contribution in [0.1, 0.15) is 45.4 Å². The molecule has 5 nitrogen and oxygen atoms in total. The van der Waals surface area contributed by atoms with Gasteiger partial charge < -0.3 is 10.3 Å². The second-order valence-electron chi connectivity index (χ2n) is 5.50. The molecule has 0 radical (unpaired) electrons. The SMILES string of the molecule is CCC(Nc1nc(Cl)nc2nc[nH]c12)C1CCCCC1. The topological polar surface area (TPSA) is 66.5 Å².